The lowest BCUT2D eigenvalue weighted by Crippen LogP contribution is -2.50. The summed E-state index contributed by atoms with van der Waals surface area (Å²) in [5.74, 6) is 0.771. The van der Waals surface area contributed by atoms with Crippen molar-refractivity contribution >= 4 is 0 Å². The highest BCUT2D eigenvalue weighted by molar-refractivity contribution is 4.83. The van der Waals surface area contributed by atoms with Gasteiger partial charge in [0.2, 0.25) is 0 Å². The Balaban J connectivity index is 2.38. The molecule has 0 aromatic rings. The number of likely N-dealkylation sites (N-methyl/N-ethyl adjacent to an activating group) is 1. The zero-order valence-corrected chi connectivity index (χ0v) is 13.9. The van der Waals surface area contributed by atoms with Gasteiger partial charge in [0, 0.05) is 24.7 Å². The topological polar surface area (TPSA) is 18.5 Å². The Labute approximate surface area is 120 Å². The van der Waals surface area contributed by atoms with E-state index in [1.54, 1.807) is 0 Å². The fraction of sp³-hybridized carbons (Fsp3) is 1.00. The molecule has 0 bridgehead atoms. The fourth-order valence-corrected chi connectivity index (χ4v) is 3.12. The molecule has 0 aromatic carbocycles. The third kappa shape index (κ3) is 6.73. The second-order valence-corrected chi connectivity index (χ2v) is 7.16. The van der Waals surface area contributed by atoms with Crippen LogP contribution in [0.2, 0.25) is 0 Å². The van der Waals surface area contributed by atoms with E-state index in [1.165, 1.54) is 32.4 Å². The van der Waals surface area contributed by atoms with Crippen molar-refractivity contribution in [2.24, 2.45) is 5.92 Å². The number of piperidine rings is 1. The van der Waals surface area contributed by atoms with Crippen molar-refractivity contribution in [3.05, 3.63) is 0 Å². The molecule has 0 saturated carbocycles. The Morgan fingerprint density at radius 3 is 2.11 bits per heavy atom. The van der Waals surface area contributed by atoms with Gasteiger partial charge in [0.1, 0.15) is 0 Å². The molecule has 1 heterocycles. The molecule has 0 aliphatic carbocycles. The number of nitrogens with zero attached hydrogens (tertiary/aromatic N) is 2. The minimum Gasteiger partial charge on any atom is -0.310 e. The van der Waals surface area contributed by atoms with Gasteiger partial charge in [0.15, 0.2) is 0 Å². The van der Waals surface area contributed by atoms with Crippen molar-refractivity contribution in [2.75, 3.05) is 33.7 Å². The SMILES string of the molecule is CC(C)CC(CN(C)C)NC1CCN(C(C)C)CC1. The summed E-state index contributed by atoms with van der Waals surface area (Å²) in [6.07, 6.45) is 3.89. The molecule has 0 radical (unpaired) electrons. The molecule has 114 valence electrons. The van der Waals surface area contributed by atoms with Crippen LogP contribution in [-0.4, -0.2) is 61.7 Å². The Kier molecular flexibility index (Phi) is 7.33. The van der Waals surface area contributed by atoms with Gasteiger partial charge in [-0.05, 0) is 66.2 Å². The second kappa shape index (κ2) is 8.23. The molecule has 0 aromatic heterocycles. The summed E-state index contributed by atoms with van der Waals surface area (Å²) in [5, 5.41) is 3.91. The molecule has 0 spiro atoms. The summed E-state index contributed by atoms with van der Waals surface area (Å²) < 4.78 is 0. The highest BCUT2D eigenvalue weighted by Crippen LogP contribution is 2.15. The lowest BCUT2D eigenvalue weighted by atomic mass is 9.98. The first kappa shape index (κ1) is 16.9. The van der Waals surface area contributed by atoms with E-state index in [0.29, 0.717) is 12.1 Å². The lowest BCUT2D eigenvalue weighted by Gasteiger charge is -2.37. The van der Waals surface area contributed by atoms with Gasteiger partial charge in [-0.3, -0.25) is 0 Å². The van der Waals surface area contributed by atoms with Crippen molar-refractivity contribution in [1.82, 2.24) is 15.1 Å². The second-order valence-electron chi connectivity index (χ2n) is 7.16. The smallest absolute Gasteiger partial charge is 0.0199 e. The first-order valence-electron chi connectivity index (χ1n) is 8.03. The summed E-state index contributed by atoms with van der Waals surface area (Å²) >= 11 is 0. The number of likely N-dealkylation sites (tertiary alicyclic amines) is 1. The predicted octanol–water partition coefficient (Wildman–Crippen LogP) is 2.43. The summed E-state index contributed by atoms with van der Waals surface area (Å²) in [6, 6.07) is 2.07. The van der Waals surface area contributed by atoms with Crippen molar-refractivity contribution < 1.29 is 0 Å². The molecule has 1 rings (SSSR count). The minimum atomic E-state index is 0.644. The van der Waals surface area contributed by atoms with Gasteiger partial charge in [0.05, 0.1) is 0 Å². The van der Waals surface area contributed by atoms with Crippen molar-refractivity contribution in [3.63, 3.8) is 0 Å². The van der Waals surface area contributed by atoms with Gasteiger partial charge in [-0.15, -0.1) is 0 Å². The van der Waals surface area contributed by atoms with Crippen LogP contribution < -0.4 is 5.32 Å². The lowest BCUT2D eigenvalue weighted by molar-refractivity contribution is 0.150. The number of rotatable bonds is 7. The number of hydrogen-bond acceptors (Lipinski definition) is 3. The molecule has 19 heavy (non-hydrogen) atoms. The van der Waals surface area contributed by atoms with E-state index in [9.17, 15) is 0 Å². The number of hydrogen-bond donors (Lipinski definition) is 1. The van der Waals surface area contributed by atoms with Gasteiger partial charge in [-0.2, -0.15) is 0 Å². The summed E-state index contributed by atoms with van der Waals surface area (Å²) in [7, 11) is 4.35. The van der Waals surface area contributed by atoms with Crippen LogP contribution in [0.5, 0.6) is 0 Å². The van der Waals surface area contributed by atoms with Gasteiger partial charge in [0.25, 0.3) is 0 Å². The van der Waals surface area contributed by atoms with Crippen LogP contribution in [0.4, 0.5) is 0 Å². The summed E-state index contributed by atoms with van der Waals surface area (Å²) in [4.78, 5) is 4.91. The molecule has 3 heteroatoms. The van der Waals surface area contributed by atoms with E-state index < -0.39 is 0 Å². The largest absolute Gasteiger partial charge is 0.310 e. The quantitative estimate of drug-likeness (QED) is 0.766. The molecular formula is C16H35N3. The maximum Gasteiger partial charge on any atom is 0.0199 e. The first-order valence-corrected chi connectivity index (χ1v) is 8.03. The van der Waals surface area contributed by atoms with Gasteiger partial charge < -0.3 is 15.1 Å². The van der Waals surface area contributed by atoms with Crippen molar-refractivity contribution in [2.45, 2.75) is 65.1 Å². The molecule has 1 fully saturated rings. The van der Waals surface area contributed by atoms with Gasteiger partial charge in [-0.1, -0.05) is 13.8 Å². The van der Waals surface area contributed by atoms with Crippen LogP contribution in [0.3, 0.4) is 0 Å². The fourth-order valence-electron chi connectivity index (χ4n) is 3.12. The molecule has 3 nitrogen and oxygen atoms in total. The Morgan fingerprint density at radius 1 is 1.11 bits per heavy atom. The van der Waals surface area contributed by atoms with Gasteiger partial charge in [-0.25, -0.2) is 0 Å². The third-order valence-corrected chi connectivity index (χ3v) is 4.07. The van der Waals surface area contributed by atoms with Crippen LogP contribution in [0.15, 0.2) is 0 Å². The standard InChI is InChI=1S/C16H35N3/c1-13(2)11-16(12-18(5)6)17-15-7-9-19(10-8-15)14(3)4/h13-17H,7-12H2,1-6H3. The van der Waals surface area contributed by atoms with Crippen LogP contribution in [0.1, 0.15) is 47.0 Å². The van der Waals surface area contributed by atoms with Crippen LogP contribution >= 0.6 is 0 Å². The highest BCUT2D eigenvalue weighted by atomic mass is 15.2. The average molecular weight is 269 g/mol. The van der Waals surface area contributed by atoms with E-state index in [1.807, 2.05) is 0 Å². The molecule has 1 aliphatic rings. The van der Waals surface area contributed by atoms with E-state index in [2.05, 4.69) is 56.9 Å². The van der Waals surface area contributed by atoms with E-state index in [-0.39, 0.29) is 0 Å². The van der Waals surface area contributed by atoms with Crippen LogP contribution in [0.25, 0.3) is 0 Å². The Morgan fingerprint density at radius 2 is 1.68 bits per heavy atom. The summed E-state index contributed by atoms with van der Waals surface area (Å²) in [5.41, 5.74) is 0. The monoisotopic (exact) mass is 269 g/mol. The zero-order chi connectivity index (χ0) is 14.4. The third-order valence-electron chi connectivity index (χ3n) is 4.07. The number of nitrogens with one attached hydrogen (secondary N) is 1. The average Bonchev–Trinajstić information content (AvgIpc) is 2.27. The molecule has 1 N–H and O–H groups in total. The van der Waals surface area contributed by atoms with E-state index in [0.717, 1.165) is 18.5 Å². The highest BCUT2D eigenvalue weighted by Gasteiger charge is 2.23. The zero-order valence-electron chi connectivity index (χ0n) is 13.9. The molecule has 1 unspecified atom stereocenters. The normalized spacial score (nSPS) is 20.7. The van der Waals surface area contributed by atoms with Crippen LogP contribution in [-0.2, 0) is 0 Å². The molecule has 1 aliphatic heterocycles. The first-order chi connectivity index (χ1) is 8.88. The van der Waals surface area contributed by atoms with E-state index >= 15 is 0 Å². The van der Waals surface area contributed by atoms with Crippen molar-refractivity contribution in [3.8, 4) is 0 Å². The van der Waals surface area contributed by atoms with Gasteiger partial charge >= 0.3 is 0 Å². The molecular weight excluding hydrogens is 234 g/mol. The maximum atomic E-state index is 3.91. The van der Waals surface area contributed by atoms with E-state index in [4.69, 9.17) is 0 Å². The Bertz CT molecular complexity index is 220. The van der Waals surface area contributed by atoms with Crippen LogP contribution in [0, 0.1) is 5.92 Å². The predicted molar refractivity (Wildman–Crippen MR) is 84.7 cm³/mol. The van der Waals surface area contributed by atoms with Crippen molar-refractivity contribution in [1.29, 1.82) is 0 Å². The minimum absolute atomic E-state index is 0.644. The maximum absolute atomic E-state index is 3.91. The molecule has 0 amide bonds. The summed E-state index contributed by atoms with van der Waals surface area (Å²) in [6.45, 7) is 12.9. The molecule has 1 atom stereocenters. The molecule has 1 saturated heterocycles. The Hall–Kier alpha value is -0.120.